The van der Waals surface area contributed by atoms with E-state index in [0.717, 1.165) is 12.0 Å². The topological polar surface area (TPSA) is 56.1 Å². The van der Waals surface area contributed by atoms with Gasteiger partial charge in [0.25, 0.3) is 5.91 Å². The van der Waals surface area contributed by atoms with Crippen molar-refractivity contribution in [3.63, 3.8) is 0 Å². The summed E-state index contributed by atoms with van der Waals surface area (Å²) in [6.07, 6.45) is 2.38. The lowest BCUT2D eigenvalue weighted by molar-refractivity contribution is -0.129. The molecule has 4 nitrogen and oxygen atoms in total. The molecule has 0 spiro atoms. The molecule has 0 aliphatic heterocycles. The third-order valence-corrected chi connectivity index (χ3v) is 4.48. The average molecular weight is 361 g/mol. The molecule has 0 saturated heterocycles. The molecule has 0 radical (unpaired) electrons. The van der Waals surface area contributed by atoms with Gasteiger partial charge in [0.2, 0.25) is 0 Å². The summed E-state index contributed by atoms with van der Waals surface area (Å²) in [7, 11) is 0. The summed E-state index contributed by atoms with van der Waals surface area (Å²) in [5.41, 5.74) is 3.68. The van der Waals surface area contributed by atoms with Gasteiger partial charge in [-0.05, 0) is 43.9 Å². The number of nitriles is 1. The molecule has 0 saturated carbocycles. The van der Waals surface area contributed by atoms with Gasteiger partial charge in [0, 0.05) is 25.3 Å². The average Bonchev–Trinajstić information content (AvgIpc) is 2.67. The number of rotatable bonds is 8. The van der Waals surface area contributed by atoms with Crippen LogP contribution in [0.1, 0.15) is 30.5 Å². The summed E-state index contributed by atoms with van der Waals surface area (Å²) < 4.78 is 0. The number of carbonyl (C=O) groups excluding carboxylic acids is 1. The maximum absolute atomic E-state index is 12.8. The first-order chi connectivity index (χ1) is 13.0. The van der Waals surface area contributed by atoms with E-state index >= 15 is 0 Å². The lowest BCUT2D eigenvalue weighted by Crippen LogP contribution is -2.37. The van der Waals surface area contributed by atoms with E-state index in [9.17, 15) is 10.1 Å². The third-order valence-electron chi connectivity index (χ3n) is 4.48. The second kappa shape index (κ2) is 10.2. The van der Waals surface area contributed by atoms with Crippen molar-refractivity contribution in [3.8, 4) is 6.07 Å². The van der Waals surface area contributed by atoms with E-state index in [4.69, 9.17) is 0 Å². The van der Waals surface area contributed by atoms with E-state index in [1.807, 2.05) is 62.4 Å². The van der Waals surface area contributed by atoms with Crippen molar-refractivity contribution in [1.82, 2.24) is 10.2 Å². The monoisotopic (exact) mass is 361 g/mol. The van der Waals surface area contributed by atoms with Gasteiger partial charge in [-0.3, -0.25) is 4.79 Å². The Bertz CT molecular complexity index is 819. The summed E-state index contributed by atoms with van der Waals surface area (Å²) in [5, 5.41) is 12.6. The minimum Gasteiger partial charge on any atom is -0.389 e. The first-order valence-corrected chi connectivity index (χ1v) is 9.26. The van der Waals surface area contributed by atoms with Gasteiger partial charge in [-0.15, -0.1) is 0 Å². The first-order valence-electron chi connectivity index (χ1n) is 9.26. The summed E-state index contributed by atoms with van der Waals surface area (Å²) >= 11 is 0. The molecule has 0 fully saturated rings. The van der Waals surface area contributed by atoms with Crippen LogP contribution in [-0.2, 0) is 17.8 Å². The molecule has 0 aliphatic carbocycles. The molecule has 0 bridgehead atoms. The highest BCUT2D eigenvalue weighted by Crippen LogP contribution is 2.12. The van der Waals surface area contributed by atoms with Gasteiger partial charge in [0.05, 0.1) is 0 Å². The van der Waals surface area contributed by atoms with Crippen LogP contribution in [0.2, 0.25) is 0 Å². The van der Waals surface area contributed by atoms with Crippen molar-refractivity contribution in [3.05, 3.63) is 83.1 Å². The van der Waals surface area contributed by atoms with E-state index in [1.54, 1.807) is 11.1 Å². The fourth-order valence-electron chi connectivity index (χ4n) is 2.84. The molecule has 27 heavy (non-hydrogen) atoms. The molecule has 0 aliphatic rings. The van der Waals surface area contributed by atoms with Gasteiger partial charge < -0.3 is 10.2 Å². The highest BCUT2D eigenvalue weighted by atomic mass is 16.2. The molecule has 0 heterocycles. The molecular formula is C23H27N3O. The van der Waals surface area contributed by atoms with Crippen LogP contribution in [-0.4, -0.2) is 23.4 Å². The number of carbonyl (C=O) groups is 1. The number of nitrogens with zero attached hydrogens (tertiary/aromatic N) is 2. The smallest absolute Gasteiger partial charge is 0.266 e. The quantitative estimate of drug-likeness (QED) is 0.440. The zero-order valence-electron chi connectivity index (χ0n) is 16.3. The largest absolute Gasteiger partial charge is 0.389 e. The van der Waals surface area contributed by atoms with Gasteiger partial charge in [-0.2, -0.15) is 5.26 Å². The van der Waals surface area contributed by atoms with E-state index in [0.29, 0.717) is 13.1 Å². The molecule has 2 aromatic rings. The number of aryl methyl sites for hydroxylation is 1. The van der Waals surface area contributed by atoms with Crippen LogP contribution in [0.3, 0.4) is 0 Å². The summed E-state index contributed by atoms with van der Waals surface area (Å²) in [4.78, 5) is 14.5. The minimum atomic E-state index is -0.250. The molecule has 4 heteroatoms. The van der Waals surface area contributed by atoms with Crippen LogP contribution >= 0.6 is 0 Å². The van der Waals surface area contributed by atoms with Crippen molar-refractivity contribution < 1.29 is 4.79 Å². The van der Waals surface area contributed by atoms with Crippen LogP contribution < -0.4 is 5.32 Å². The molecule has 2 aromatic carbocycles. The normalized spacial score (nSPS) is 11.1. The van der Waals surface area contributed by atoms with Gasteiger partial charge in [-0.25, -0.2) is 0 Å². The summed E-state index contributed by atoms with van der Waals surface area (Å²) in [6.45, 7) is 7.16. The van der Waals surface area contributed by atoms with Crippen molar-refractivity contribution in [1.29, 1.82) is 5.26 Å². The predicted molar refractivity (Wildman–Crippen MR) is 109 cm³/mol. The molecule has 140 valence electrons. The first kappa shape index (κ1) is 20.3. The SMILES string of the molecule is Cc1ccccc1CCN/C=C(/C#N)C(=O)N(Cc1ccccc1)C(C)C. The van der Waals surface area contributed by atoms with Crippen LogP contribution in [0.15, 0.2) is 66.4 Å². The molecular weight excluding hydrogens is 334 g/mol. The maximum Gasteiger partial charge on any atom is 0.266 e. The minimum absolute atomic E-state index is 0.00132. The third kappa shape index (κ3) is 6.00. The van der Waals surface area contributed by atoms with Crippen LogP contribution in [0.5, 0.6) is 0 Å². The Labute approximate surface area is 162 Å². The van der Waals surface area contributed by atoms with Crippen molar-refractivity contribution in [2.75, 3.05) is 6.54 Å². The van der Waals surface area contributed by atoms with Crippen molar-refractivity contribution in [2.24, 2.45) is 0 Å². The Kier molecular flexibility index (Phi) is 7.63. The zero-order valence-corrected chi connectivity index (χ0v) is 16.3. The molecule has 0 atom stereocenters. The Hall–Kier alpha value is -3.06. The highest BCUT2D eigenvalue weighted by molar-refractivity contribution is 5.97. The van der Waals surface area contributed by atoms with Gasteiger partial charge in [0.1, 0.15) is 11.6 Å². The van der Waals surface area contributed by atoms with Gasteiger partial charge >= 0.3 is 0 Å². The van der Waals surface area contributed by atoms with Crippen LogP contribution in [0.4, 0.5) is 0 Å². The highest BCUT2D eigenvalue weighted by Gasteiger charge is 2.21. The lowest BCUT2D eigenvalue weighted by atomic mass is 10.1. The van der Waals surface area contributed by atoms with Crippen LogP contribution in [0, 0.1) is 18.3 Å². The fraction of sp³-hybridized carbons (Fsp3) is 0.304. The van der Waals surface area contributed by atoms with Gasteiger partial charge in [0.15, 0.2) is 0 Å². The fourth-order valence-corrected chi connectivity index (χ4v) is 2.84. The van der Waals surface area contributed by atoms with E-state index in [-0.39, 0.29) is 17.5 Å². The van der Waals surface area contributed by atoms with Gasteiger partial charge in [-0.1, -0.05) is 54.6 Å². The van der Waals surface area contributed by atoms with E-state index in [2.05, 4.69) is 24.4 Å². The summed E-state index contributed by atoms with van der Waals surface area (Å²) in [6, 6.07) is 20.1. The number of amides is 1. The molecule has 0 unspecified atom stereocenters. The Morgan fingerprint density at radius 2 is 1.81 bits per heavy atom. The summed E-state index contributed by atoms with van der Waals surface area (Å²) in [5.74, 6) is -0.250. The Balaban J connectivity index is 2.00. The number of benzene rings is 2. The Morgan fingerprint density at radius 1 is 1.15 bits per heavy atom. The lowest BCUT2D eigenvalue weighted by Gasteiger charge is -2.26. The molecule has 1 N–H and O–H groups in total. The number of hydrogen-bond acceptors (Lipinski definition) is 3. The molecule has 0 aromatic heterocycles. The number of nitrogens with one attached hydrogen (secondary N) is 1. The van der Waals surface area contributed by atoms with E-state index in [1.165, 1.54) is 11.1 Å². The second-order valence-corrected chi connectivity index (χ2v) is 6.81. The number of hydrogen-bond donors (Lipinski definition) is 1. The standard InChI is InChI=1S/C23H27N3O/c1-18(2)26(17-20-10-5-4-6-11-20)23(27)22(15-24)16-25-14-13-21-12-8-7-9-19(21)3/h4-12,16,18,25H,13-14,17H2,1-3H3/b22-16-. The molecule has 2 rings (SSSR count). The maximum atomic E-state index is 12.8. The van der Waals surface area contributed by atoms with Crippen LogP contribution in [0.25, 0.3) is 0 Å². The molecule has 1 amide bonds. The zero-order chi connectivity index (χ0) is 19.6. The Morgan fingerprint density at radius 3 is 2.44 bits per heavy atom. The second-order valence-electron chi connectivity index (χ2n) is 6.81. The van der Waals surface area contributed by atoms with Crippen molar-refractivity contribution in [2.45, 2.75) is 39.8 Å². The predicted octanol–water partition coefficient (Wildman–Crippen LogP) is 3.97. The van der Waals surface area contributed by atoms with E-state index < -0.39 is 0 Å². The van der Waals surface area contributed by atoms with Crippen molar-refractivity contribution >= 4 is 5.91 Å².